The van der Waals surface area contributed by atoms with E-state index in [4.69, 9.17) is 0 Å². The highest BCUT2D eigenvalue weighted by atomic mass is 15.2. The minimum atomic E-state index is 0.474. The van der Waals surface area contributed by atoms with Crippen molar-refractivity contribution in [3.8, 4) is 0 Å². The Kier molecular flexibility index (Phi) is 2.81. The average Bonchev–Trinajstić information content (AvgIpc) is 2.71. The fraction of sp³-hybridized carbons (Fsp3) is 0.500. The molecule has 0 saturated carbocycles. The van der Waals surface area contributed by atoms with Crippen LogP contribution in [0.4, 0.5) is 5.82 Å². The van der Waals surface area contributed by atoms with Gasteiger partial charge in [0.25, 0.3) is 0 Å². The largest absolute Gasteiger partial charge is 0.362 e. The number of aromatic nitrogens is 3. The molecule has 2 aromatic heterocycles. The van der Waals surface area contributed by atoms with Crippen molar-refractivity contribution in [3.05, 3.63) is 18.6 Å². The molecule has 0 fully saturated rings. The predicted octanol–water partition coefficient (Wildman–Crippen LogP) is 2.47. The topological polar surface area (TPSA) is 34.0 Å². The zero-order valence-electron chi connectivity index (χ0n) is 10.3. The maximum atomic E-state index is 4.38. The van der Waals surface area contributed by atoms with Crippen molar-refractivity contribution < 1.29 is 0 Å². The molecule has 1 atom stereocenters. The quantitative estimate of drug-likeness (QED) is 0.793. The van der Waals surface area contributed by atoms with Gasteiger partial charge in [-0.15, -0.1) is 0 Å². The summed E-state index contributed by atoms with van der Waals surface area (Å²) in [6.07, 6.45) is 4.84. The Morgan fingerprint density at radius 1 is 1.38 bits per heavy atom. The predicted molar refractivity (Wildman–Crippen MR) is 66.9 cm³/mol. The first-order valence-corrected chi connectivity index (χ1v) is 5.64. The van der Waals surface area contributed by atoms with Crippen molar-refractivity contribution in [2.24, 2.45) is 0 Å². The summed E-state index contributed by atoms with van der Waals surface area (Å²) in [5.74, 6) is 0.979. The maximum absolute atomic E-state index is 4.38. The van der Waals surface area contributed by atoms with E-state index in [1.165, 1.54) is 0 Å². The van der Waals surface area contributed by atoms with Crippen LogP contribution < -0.4 is 4.90 Å². The fourth-order valence-corrected chi connectivity index (χ4v) is 1.87. The van der Waals surface area contributed by atoms with E-state index in [0.29, 0.717) is 6.04 Å². The first kappa shape index (κ1) is 10.9. The second kappa shape index (κ2) is 4.12. The SMILES string of the molecule is CCC(C)n1ccc2c(N(C)C)ncnc21. The van der Waals surface area contributed by atoms with Gasteiger partial charge in [0.15, 0.2) is 0 Å². The van der Waals surface area contributed by atoms with E-state index in [0.717, 1.165) is 23.3 Å². The zero-order chi connectivity index (χ0) is 11.7. The summed E-state index contributed by atoms with van der Waals surface area (Å²) in [6, 6.07) is 2.57. The highest BCUT2D eigenvalue weighted by Crippen LogP contribution is 2.25. The number of hydrogen-bond donors (Lipinski definition) is 0. The van der Waals surface area contributed by atoms with Gasteiger partial charge in [0.05, 0.1) is 5.39 Å². The van der Waals surface area contributed by atoms with E-state index in [-0.39, 0.29) is 0 Å². The van der Waals surface area contributed by atoms with E-state index in [2.05, 4.69) is 40.6 Å². The third-order valence-corrected chi connectivity index (χ3v) is 2.98. The molecule has 2 heterocycles. The molecule has 0 saturated heterocycles. The minimum absolute atomic E-state index is 0.474. The van der Waals surface area contributed by atoms with Crippen LogP contribution in [0.15, 0.2) is 18.6 Å². The van der Waals surface area contributed by atoms with Gasteiger partial charge in [-0.05, 0) is 19.4 Å². The summed E-state index contributed by atoms with van der Waals surface area (Å²) in [5.41, 5.74) is 1.02. The number of rotatable bonds is 3. The molecule has 0 spiro atoms. The lowest BCUT2D eigenvalue weighted by Crippen LogP contribution is -2.11. The van der Waals surface area contributed by atoms with Crippen LogP contribution in [-0.2, 0) is 0 Å². The molecule has 2 rings (SSSR count). The van der Waals surface area contributed by atoms with Gasteiger partial charge >= 0.3 is 0 Å². The third kappa shape index (κ3) is 1.64. The molecule has 0 bridgehead atoms. The normalized spacial score (nSPS) is 13.0. The van der Waals surface area contributed by atoms with Gasteiger partial charge in [-0.3, -0.25) is 0 Å². The molecule has 16 heavy (non-hydrogen) atoms. The molecule has 0 amide bonds. The van der Waals surface area contributed by atoms with E-state index < -0.39 is 0 Å². The van der Waals surface area contributed by atoms with E-state index >= 15 is 0 Å². The molecular weight excluding hydrogens is 200 g/mol. The van der Waals surface area contributed by atoms with E-state index in [9.17, 15) is 0 Å². The maximum Gasteiger partial charge on any atom is 0.145 e. The lowest BCUT2D eigenvalue weighted by molar-refractivity contribution is 0.544. The summed E-state index contributed by atoms with van der Waals surface area (Å²) >= 11 is 0. The van der Waals surface area contributed by atoms with Gasteiger partial charge in [0.2, 0.25) is 0 Å². The molecule has 0 aliphatic heterocycles. The molecule has 0 aliphatic rings. The highest BCUT2D eigenvalue weighted by Gasteiger charge is 2.11. The van der Waals surface area contributed by atoms with Crippen molar-refractivity contribution in [3.63, 3.8) is 0 Å². The van der Waals surface area contributed by atoms with Crippen molar-refractivity contribution in [1.82, 2.24) is 14.5 Å². The second-order valence-corrected chi connectivity index (χ2v) is 4.31. The molecule has 86 valence electrons. The Hall–Kier alpha value is -1.58. The molecule has 0 radical (unpaired) electrons. The van der Waals surface area contributed by atoms with Crippen LogP contribution in [0.5, 0.6) is 0 Å². The molecule has 0 N–H and O–H groups in total. The summed E-state index contributed by atoms with van der Waals surface area (Å²) in [4.78, 5) is 10.7. The van der Waals surface area contributed by atoms with Gasteiger partial charge in [-0.1, -0.05) is 6.92 Å². The van der Waals surface area contributed by atoms with Crippen LogP contribution in [0.1, 0.15) is 26.3 Å². The lowest BCUT2D eigenvalue weighted by Gasteiger charge is -2.14. The van der Waals surface area contributed by atoms with Gasteiger partial charge in [0, 0.05) is 26.3 Å². The van der Waals surface area contributed by atoms with Crippen LogP contribution in [0.25, 0.3) is 11.0 Å². The molecule has 1 unspecified atom stereocenters. The smallest absolute Gasteiger partial charge is 0.145 e. The standard InChI is InChI=1S/C12H18N4/c1-5-9(2)16-7-6-10-11(15(3)4)13-8-14-12(10)16/h6-9H,5H2,1-4H3. The number of fused-ring (bicyclic) bond motifs is 1. The fourth-order valence-electron chi connectivity index (χ4n) is 1.87. The average molecular weight is 218 g/mol. The summed E-state index contributed by atoms with van der Waals surface area (Å²) in [7, 11) is 4.00. The van der Waals surface area contributed by atoms with Crippen LogP contribution in [0.3, 0.4) is 0 Å². The minimum Gasteiger partial charge on any atom is -0.362 e. The van der Waals surface area contributed by atoms with Crippen molar-refractivity contribution in [2.75, 3.05) is 19.0 Å². The number of anilines is 1. The van der Waals surface area contributed by atoms with Gasteiger partial charge in [-0.2, -0.15) is 0 Å². The van der Waals surface area contributed by atoms with Crippen molar-refractivity contribution in [2.45, 2.75) is 26.3 Å². The van der Waals surface area contributed by atoms with Crippen molar-refractivity contribution >= 4 is 16.9 Å². The van der Waals surface area contributed by atoms with Crippen LogP contribution in [-0.4, -0.2) is 28.6 Å². The van der Waals surface area contributed by atoms with Crippen molar-refractivity contribution in [1.29, 1.82) is 0 Å². The second-order valence-electron chi connectivity index (χ2n) is 4.31. The highest BCUT2D eigenvalue weighted by molar-refractivity contribution is 5.87. The molecule has 4 heteroatoms. The number of nitrogens with zero attached hydrogens (tertiary/aromatic N) is 4. The zero-order valence-corrected chi connectivity index (χ0v) is 10.3. The monoisotopic (exact) mass is 218 g/mol. The van der Waals surface area contributed by atoms with Gasteiger partial charge in [-0.25, -0.2) is 9.97 Å². The van der Waals surface area contributed by atoms with Gasteiger partial charge in [0.1, 0.15) is 17.8 Å². The Balaban J connectivity index is 2.61. The third-order valence-electron chi connectivity index (χ3n) is 2.98. The first-order chi connectivity index (χ1) is 7.65. The number of hydrogen-bond acceptors (Lipinski definition) is 3. The van der Waals surface area contributed by atoms with E-state index in [1.54, 1.807) is 6.33 Å². The molecule has 0 aromatic carbocycles. The lowest BCUT2D eigenvalue weighted by atomic mass is 10.2. The Labute approximate surface area is 95.9 Å². The molecular formula is C12H18N4. The summed E-state index contributed by atoms with van der Waals surface area (Å²) < 4.78 is 2.21. The van der Waals surface area contributed by atoms with Crippen LogP contribution in [0.2, 0.25) is 0 Å². The molecule has 4 nitrogen and oxygen atoms in total. The summed E-state index contributed by atoms with van der Waals surface area (Å²) in [5, 5.41) is 1.12. The van der Waals surface area contributed by atoms with Gasteiger partial charge < -0.3 is 9.47 Å². The van der Waals surface area contributed by atoms with Crippen LogP contribution >= 0.6 is 0 Å². The van der Waals surface area contributed by atoms with Crippen LogP contribution in [0, 0.1) is 0 Å². The Morgan fingerprint density at radius 3 is 2.75 bits per heavy atom. The Morgan fingerprint density at radius 2 is 2.12 bits per heavy atom. The Bertz CT molecular complexity index is 487. The first-order valence-electron chi connectivity index (χ1n) is 5.64. The molecule has 0 aliphatic carbocycles. The molecule has 2 aromatic rings. The van der Waals surface area contributed by atoms with E-state index in [1.807, 2.05) is 19.0 Å². The summed E-state index contributed by atoms with van der Waals surface area (Å²) in [6.45, 7) is 4.39.